The highest BCUT2D eigenvalue weighted by atomic mass is 79.9. The number of urea groups is 1. The molecule has 4 nitrogen and oxygen atoms in total. The van der Waals surface area contributed by atoms with Crippen LogP contribution in [0.15, 0.2) is 28.7 Å². The summed E-state index contributed by atoms with van der Waals surface area (Å²) in [6.45, 7) is 4.46. The van der Waals surface area contributed by atoms with Crippen molar-refractivity contribution in [3.63, 3.8) is 0 Å². The zero-order valence-electron chi connectivity index (χ0n) is 11.4. The first-order chi connectivity index (χ1) is 8.99. The van der Waals surface area contributed by atoms with E-state index >= 15 is 0 Å². The van der Waals surface area contributed by atoms with Gasteiger partial charge in [-0.2, -0.15) is 0 Å². The molecule has 0 aliphatic rings. The van der Waals surface area contributed by atoms with E-state index in [1.165, 1.54) is 0 Å². The van der Waals surface area contributed by atoms with E-state index in [-0.39, 0.29) is 18.2 Å². The van der Waals surface area contributed by atoms with Gasteiger partial charge in [0.15, 0.2) is 0 Å². The number of aliphatic hydroxyl groups excluding tert-OH is 1. The van der Waals surface area contributed by atoms with Crippen LogP contribution in [0.3, 0.4) is 0 Å². The Labute approximate surface area is 122 Å². The maximum Gasteiger partial charge on any atom is 0.315 e. The Balaban J connectivity index is 2.47. The van der Waals surface area contributed by atoms with E-state index < -0.39 is 0 Å². The number of hydrogen-bond donors (Lipinski definition) is 3. The Bertz CT molecular complexity index is 426. The van der Waals surface area contributed by atoms with Crippen LogP contribution in [0.4, 0.5) is 4.79 Å². The molecule has 0 aliphatic heterocycles. The molecule has 0 aromatic heterocycles. The number of aliphatic hydroxyl groups is 1. The monoisotopic (exact) mass is 328 g/mol. The summed E-state index contributed by atoms with van der Waals surface area (Å²) in [5, 5.41) is 14.7. The highest BCUT2D eigenvalue weighted by Gasteiger charge is 2.23. The third kappa shape index (κ3) is 5.61. The molecule has 1 aromatic rings. The lowest BCUT2D eigenvalue weighted by Crippen LogP contribution is -2.50. The van der Waals surface area contributed by atoms with E-state index in [2.05, 4.69) is 26.6 Å². The van der Waals surface area contributed by atoms with Gasteiger partial charge in [-0.05, 0) is 37.5 Å². The minimum absolute atomic E-state index is 0.0657. The largest absolute Gasteiger partial charge is 0.396 e. The number of carbonyl (C=O) groups is 1. The van der Waals surface area contributed by atoms with Gasteiger partial charge in [0.2, 0.25) is 0 Å². The van der Waals surface area contributed by atoms with Gasteiger partial charge in [-0.15, -0.1) is 0 Å². The van der Waals surface area contributed by atoms with E-state index in [0.29, 0.717) is 13.0 Å². The van der Waals surface area contributed by atoms with E-state index in [1.54, 1.807) is 0 Å². The lowest BCUT2D eigenvalue weighted by atomic mass is 9.95. The van der Waals surface area contributed by atoms with Crippen LogP contribution in [0.1, 0.15) is 32.3 Å². The molecule has 5 heteroatoms. The van der Waals surface area contributed by atoms with Crippen LogP contribution in [-0.4, -0.2) is 23.3 Å². The molecule has 0 spiro atoms. The van der Waals surface area contributed by atoms with Gasteiger partial charge in [0, 0.05) is 23.2 Å². The Morgan fingerprint density at radius 1 is 1.47 bits per heavy atom. The normalized spacial score (nSPS) is 13.7. The first-order valence-electron chi connectivity index (χ1n) is 6.40. The fourth-order valence-electron chi connectivity index (χ4n) is 1.72. The van der Waals surface area contributed by atoms with Gasteiger partial charge in [0.05, 0.1) is 0 Å². The molecule has 2 amide bonds. The van der Waals surface area contributed by atoms with Crippen LogP contribution in [0.5, 0.6) is 0 Å². The van der Waals surface area contributed by atoms with Gasteiger partial charge in [-0.25, -0.2) is 4.79 Å². The van der Waals surface area contributed by atoms with Gasteiger partial charge in [0.25, 0.3) is 0 Å². The second kappa shape index (κ2) is 7.50. The summed E-state index contributed by atoms with van der Waals surface area (Å²) in [5.41, 5.74) is 0.667. The van der Waals surface area contributed by atoms with E-state index in [4.69, 9.17) is 5.11 Å². The molecule has 1 atom stereocenters. The molecule has 0 bridgehead atoms. The number of rotatable bonds is 6. The summed E-state index contributed by atoms with van der Waals surface area (Å²) in [7, 11) is 0. The molecule has 0 saturated heterocycles. The summed E-state index contributed by atoms with van der Waals surface area (Å²) in [6, 6.07) is 7.59. The predicted molar refractivity (Wildman–Crippen MR) is 79.9 cm³/mol. The van der Waals surface area contributed by atoms with Crippen LogP contribution < -0.4 is 10.6 Å². The topological polar surface area (TPSA) is 61.4 Å². The molecule has 19 heavy (non-hydrogen) atoms. The van der Waals surface area contributed by atoms with Crippen molar-refractivity contribution in [3.8, 4) is 0 Å². The lowest BCUT2D eigenvalue weighted by Gasteiger charge is -2.29. The quantitative estimate of drug-likeness (QED) is 0.752. The zero-order chi connectivity index (χ0) is 14.3. The molecule has 0 aliphatic carbocycles. The Hall–Kier alpha value is -1.07. The molecule has 0 fully saturated rings. The van der Waals surface area contributed by atoms with Crippen LogP contribution in [0, 0.1) is 0 Å². The molecule has 1 aromatic carbocycles. The SMILES string of the molecule is CCC(C)(CCO)NC(=O)NCc1cccc(Br)c1. The van der Waals surface area contributed by atoms with E-state index in [1.807, 2.05) is 38.1 Å². The van der Waals surface area contributed by atoms with Crippen molar-refractivity contribution in [2.75, 3.05) is 6.61 Å². The van der Waals surface area contributed by atoms with Crippen molar-refractivity contribution < 1.29 is 9.90 Å². The number of nitrogens with one attached hydrogen (secondary N) is 2. The van der Waals surface area contributed by atoms with Gasteiger partial charge >= 0.3 is 6.03 Å². The van der Waals surface area contributed by atoms with Crippen LogP contribution in [0.25, 0.3) is 0 Å². The minimum Gasteiger partial charge on any atom is -0.396 e. The van der Waals surface area contributed by atoms with Crippen LogP contribution >= 0.6 is 15.9 Å². The molecular formula is C14H21BrN2O2. The number of benzene rings is 1. The second-order valence-electron chi connectivity index (χ2n) is 4.83. The summed E-state index contributed by atoms with van der Waals surface area (Å²) < 4.78 is 0.992. The maximum absolute atomic E-state index is 11.8. The van der Waals surface area contributed by atoms with E-state index in [0.717, 1.165) is 16.5 Å². The van der Waals surface area contributed by atoms with E-state index in [9.17, 15) is 4.79 Å². The summed E-state index contributed by atoms with van der Waals surface area (Å²) in [6.07, 6.45) is 1.33. The number of halogens is 1. The van der Waals surface area contributed by atoms with Crippen LogP contribution in [0.2, 0.25) is 0 Å². The van der Waals surface area contributed by atoms with Gasteiger partial charge in [-0.1, -0.05) is 35.0 Å². The average Bonchev–Trinajstić information content (AvgIpc) is 2.37. The van der Waals surface area contributed by atoms with Crippen molar-refractivity contribution in [3.05, 3.63) is 34.3 Å². The molecule has 0 radical (unpaired) electrons. The smallest absolute Gasteiger partial charge is 0.315 e. The molecule has 0 heterocycles. The first kappa shape index (κ1) is 16.0. The number of carbonyl (C=O) groups excluding carboxylic acids is 1. The van der Waals surface area contributed by atoms with Gasteiger partial charge in [-0.3, -0.25) is 0 Å². The Kier molecular flexibility index (Phi) is 6.31. The van der Waals surface area contributed by atoms with Crippen molar-refractivity contribution in [2.24, 2.45) is 0 Å². The molecule has 106 valence electrons. The fourth-order valence-corrected chi connectivity index (χ4v) is 2.17. The third-order valence-corrected chi connectivity index (χ3v) is 3.69. The minimum atomic E-state index is -0.365. The van der Waals surface area contributed by atoms with Crippen LogP contribution in [-0.2, 0) is 6.54 Å². The van der Waals surface area contributed by atoms with Crippen molar-refractivity contribution >= 4 is 22.0 Å². The van der Waals surface area contributed by atoms with Crippen molar-refractivity contribution in [2.45, 2.75) is 38.8 Å². The lowest BCUT2D eigenvalue weighted by molar-refractivity contribution is 0.200. The first-order valence-corrected chi connectivity index (χ1v) is 7.20. The highest BCUT2D eigenvalue weighted by Crippen LogP contribution is 2.14. The summed E-state index contributed by atoms with van der Waals surface area (Å²) in [4.78, 5) is 11.8. The molecule has 1 unspecified atom stereocenters. The van der Waals surface area contributed by atoms with Crippen molar-refractivity contribution in [1.29, 1.82) is 0 Å². The van der Waals surface area contributed by atoms with Gasteiger partial charge < -0.3 is 15.7 Å². The number of amides is 2. The number of hydrogen-bond acceptors (Lipinski definition) is 2. The van der Waals surface area contributed by atoms with Gasteiger partial charge in [0.1, 0.15) is 0 Å². The second-order valence-corrected chi connectivity index (χ2v) is 5.74. The summed E-state index contributed by atoms with van der Waals surface area (Å²) >= 11 is 3.39. The average molecular weight is 329 g/mol. The molecule has 0 saturated carbocycles. The third-order valence-electron chi connectivity index (χ3n) is 3.20. The summed E-state index contributed by atoms with van der Waals surface area (Å²) in [5.74, 6) is 0. The Morgan fingerprint density at radius 2 is 2.21 bits per heavy atom. The fraction of sp³-hybridized carbons (Fsp3) is 0.500. The molecule has 1 rings (SSSR count). The molecule has 3 N–H and O–H groups in total. The maximum atomic E-state index is 11.8. The van der Waals surface area contributed by atoms with Crippen molar-refractivity contribution in [1.82, 2.24) is 10.6 Å². The zero-order valence-corrected chi connectivity index (χ0v) is 13.0. The predicted octanol–water partition coefficient (Wildman–Crippen LogP) is 2.80. The Morgan fingerprint density at radius 3 is 2.79 bits per heavy atom. The highest BCUT2D eigenvalue weighted by molar-refractivity contribution is 9.10. The standard InChI is InChI=1S/C14H21BrN2O2/c1-3-14(2,7-8-18)17-13(19)16-10-11-5-4-6-12(15)9-11/h4-6,9,18H,3,7-8,10H2,1-2H3,(H2,16,17,19). The molecular weight excluding hydrogens is 308 g/mol.